The van der Waals surface area contributed by atoms with Crippen LogP contribution in [0.4, 0.5) is 0 Å². The van der Waals surface area contributed by atoms with Gasteiger partial charge in [0.2, 0.25) is 0 Å². The van der Waals surface area contributed by atoms with E-state index in [0.717, 1.165) is 30.1 Å². The van der Waals surface area contributed by atoms with Gasteiger partial charge in [0.1, 0.15) is 4.88 Å². The molecule has 7 heteroatoms. The van der Waals surface area contributed by atoms with E-state index in [0.29, 0.717) is 18.0 Å². The predicted octanol–water partition coefficient (Wildman–Crippen LogP) is 1.86. The molecule has 1 saturated heterocycles. The third-order valence-corrected chi connectivity index (χ3v) is 4.35. The summed E-state index contributed by atoms with van der Waals surface area (Å²) in [6.45, 7) is 7.09. The number of methoxy groups -OCH3 is 1. The summed E-state index contributed by atoms with van der Waals surface area (Å²) in [4.78, 5) is 26.6. The minimum absolute atomic E-state index is 0.0801. The molecule has 1 aromatic heterocycles. The number of rotatable bonds is 2. The number of amides is 1. The van der Waals surface area contributed by atoms with Crippen molar-refractivity contribution in [1.82, 2.24) is 14.5 Å². The molecule has 1 aliphatic heterocycles. The molecule has 0 unspecified atom stereocenters. The molecule has 21 heavy (non-hydrogen) atoms. The largest absolute Gasteiger partial charge is 0.469 e. The van der Waals surface area contributed by atoms with Crippen molar-refractivity contribution in [1.29, 1.82) is 0 Å². The van der Waals surface area contributed by atoms with Crippen LogP contribution >= 0.6 is 11.5 Å². The Morgan fingerprint density at radius 1 is 1.38 bits per heavy atom. The molecule has 0 N–H and O–H groups in total. The molecule has 2 rings (SSSR count). The van der Waals surface area contributed by atoms with Crippen LogP contribution in [0.2, 0.25) is 0 Å². The lowest BCUT2D eigenvalue weighted by Crippen LogP contribution is -2.43. The van der Waals surface area contributed by atoms with E-state index < -0.39 is 0 Å². The van der Waals surface area contributed by atoms with Gasteiger partial charge in [-0.25, -0.2) is 0 Å². The number of aromatic nitrogens is 2. The van der Waals surface area contributed by atoms with Crippen LogP contribution in [0.15, 0.2) is 0 Å². The Labute approximate surface area is 128 Å². The highest BCUT2D eigenvalue weighted by molar-refractivity contribution is 7.08. The van der Waals surface area contributed by atoms with Gasteiger partial charge in [-0.15, -0.1) is 5.10 Å². The smallest absolute Gasteiger partial charge is 0.310 e. The lowest BCUT2D eigenvalue weighted by Gasteiger charge is -2.31. The highest BCUT2D eigenvalue weighted by Crippen LogP contribution is 2.28. The molecule has 0 bridgehead atoms. The van der Waals surface area contributed by atoms with Gasteiger partial charge in [-0.2, -0.15) is 0 Å². The van der Waals surface area contributed by atoms with Crippen LogP contribution in [-0.4, -0.2) is 46.6 Å². The van der Waals surface area contributed by atoms with E-state index in [1.165, 1.54) is 7.11 Å². The van der Waals surface area contributed by atoms with Crippen LogP contribution < -0.4 is 0 Å². The maximum Gasteiger partial charge on any atom is 0.310 e. The Morgan fingerprint density at radius 2 is 2.10 bits per heavy atom. The summed E-state index contributed by atoms with van der Waals surface area (Å²) in [5.41, 5.74) is 0.493. The standard InChI is InChI=1S/C14H21N3O3S/c1-14(2,3)11-10(21-16-15-11)12(18)17-7-5-6-9(8-17)13(19)20-4/h9H,5-8H2,1-4H3/t9-/m0/s1. The summed E-state index contributed by atoms with van der Waals surface area (Å²) in [7, 11) is 1.38. The van der Waals surface area contributed by atoms with Crippen molar-refractivity contribution >= 4 is 23.4 Å². The number of esters is 1. The SMILES string of the molecule is COC(=O)[C@H]1CCCN(C(=O)c2snnc2C(C)(C)C)C1. The summed E-state index contributed by atoms with van der Waals surface area (Å²) < 4.78 is 8.71. The van der Waals surface area contributed by atoms with Crippen LogP contribution in [0.1, 0.15) is 49.0 Å². The number of likely N-dealkylation sites (tertiary alicyclic amines) is 1. The van der Waals surface area contributed by atoms with Crippen LogP contribution in [0.25, 0.3) is 0 Å². The van der Waals surface area contributed by atoms with Gasteiger partial charge in [-0.05, 0) is 24.4 Å². The van der Waals surface area contributed by atoms with Crippen molar-refractivity contribution in [2.24, 2.45) is 5.92 Å². The van der Waals surface area contributed by atoms with E-state index >= 15 is 0 Å². The zero-order valence-corrected chi connectivity index (χ0v) is 13.7. The number of carbonyl (C=O) groups excluding carboxylic acids is 2. The first-order valence-corrected chi connectivity index (χ1v) is 7.82. The second-order valence-corrected chi connectivity index (χ2v) is 7.07. The Balaban J connectivity index is 2.17. The van der Waals surface area contributed by atoms with Crippen molar-refractivity contribution in [3.05, 3.63) is 10.6 Å². The quantitative estimate of drug-likeness (QED) is 0.780. The maximum atomic E-state index is 12.7. The number of piperidine rings is 1. The molecule has 0 radical (unpaired) electrons. The predicted molar refractivity (Wildman–Crippen MR) is 79.3 cm³/mol. The molecular weight excluding hydrogens is 290 g/mol. The third kappa shape index (κ3) is 3.40. The van der Waals surface area contributed by atoms with Gasteiger partial charge in [0.25, 0.3) is 5.91 Å². The molecule has 0 saturated carbocycles. The van der Waals surface area contributed by atoms with Gasteiger partial charge >= 0.3 is 5.97 Å². The molecule has 0 aliphatic carbocycles. The van der Waals surface area contributed by atoms with E-state index in [2.05, 4.69) is 9.59 Å². The lowest BCUT2D eigenvalue weighted by molar-refractivity contribution is -0.146. The fraction of sp³-hybridized carbons (Fsp3) is 0.714. The summed E-state index contributed by atoms with van der Waals surface area (Å²) in [6.07, 6.45) is 1.58. The van der Waals surface area contributed by atoms with E-state index in [4.69, 9.17) is 4.74 Å². The number of hydrogen-bond acceptors (Lipinski definition) is 6. The van der Waals surface area contributed by atoms with Crippen molar-refractivity contribution in [2.45, 2.75) is 39.0 Å². The molecule has 1 aliphatic rings. The number of carbonyl (C=O) groups is 2. The maximum absolute atomic E-state index is 12.7. The van der Waals surface area contributed by atoms with Crippen molar-refractivity contribution in [3.8, 4) is 0 Å². The first kappa shape index (κ1) is 15.9. The average molecular weight is 311 g/mol. The fourth-order valence-electron chi connectivity index (χ4n) is 2.49. The molecule has 1 atom stereocenters. The number of nitrogens with zero attached hydrogens (tertiary/aromatic N) is 3. The fourth-order valence-corrected chi connectivity index (χ4v) is 3.33. The number of hydrogen-bond donors (Lipinski definition) is 0. The molecule has 6 nitrogen and oxygen atoms in total. The molecule has 0 aromatic carbocycles. The minimum Gasteiger partial charge on any atom is -0.469 e. The number of ether oxygens (including phenoxy) is 1. The van der Waals surface area contributed by atoms with Crippen molar-refractivity contribution < 1.29 is 14.3 Å². The van der Waals surface area contributed by atoms with Crippen molar-refractivity contribution in [2.75, 3.05) is 20.2 Å². The Bertz CT molecular complexity index is 536. The highest BCUT2D eigenvalue weighted by Gasteiger charge is 2.33. The lowest BCUT2D eigenvalue weighted by atomic mass is 9.91. The van der Waals surface area contributed by atoms with E-state index in [9.17, 15) is 9.59 Å². The topological polar surface area (TPSA) is 72.4 Å². The van der Waals surface area contributed by atoms with Gasteiger partial charge in [-0.1, -0.05) is 25.3 Å². The Morgan fingerprint density at radius 3 is 2.71 bits per heavy atom. The summed E-state index contributed by atoms with van der Waals surface area (Å²) >= 11 is 1.13. The van der Waals surface area contributed by atoms with Gasteiger partial charge in [0, 0.05) is 18.5 Å². The van der Waals surface area contributed by atoms with Crippen LogP contribution in [0.5, 0.6) is 0 Å². The molecule has 1 aromatic rings. The molecule has 1 fully saturated rings. The first-order valence-electron chi connectivity index (χ1n) is 7.04. The van der Waals surface area contributed by atoms with Crippen LogP contribution in [-0.2, 0) is 14.9 Å². The summed E-state index contributed by atoms with van der Waals surface area (Å²) in [5.74, 6) is -0.554. The normalized spacial score (nSPS) is 19.4. The van der Waals surface area contributed by atoms with Gasteiger partial charge in [0.05, 0.1) is 18.7 Å². The minimum atomic E-state index is -0.244. The second-order valence-electron chi connectivity index (χ2n) is 6.31. The van der Waals surface area contributed by atoms with Gasteiger partial charge in [-0.3, -0.25) is 9.59 Å². The first-order chi connectivity index (χ1) is 9.84. The summed E-state index contributed by atoms with van der Waals surface area (Å²) in [5, 5.41) is 4.10. The second kappa shape index (κ2) is 6.09. The molecule has 116 valence electrons. The molecule has 2 heterocycles. The van der Waals surface area contributed by atoms with Crippen LogP contribution in [0, 0.1) is 5.92 Å². The van der Waals surface area contributed by atoms with E-state index in [1.807, 2.05) is 20.8 Å². The zero-order chi connectivity index (χ0) is 15.6. The Hall–Kier alpha value is -1.50. The monoisotopic (exact) mass is 311 g/mol. The molecule has 1 amide bonds. The average Bonchev–Trinajstić information content (AvgIpc) is 2.95. The summed E-state index contributed by atoms with van der Waals surface area (Å²) in [6, 6.07) is 0. The zero-order valence-electron chi connectivity index (χ0n) is 12.9. The van der Waals surface area contributed by atoms with Gasteiger partial charge in [0.15, 0.2) is 0 Å². The Kier molecular flexibility index (Phi) is 4.61. The van der Waals surface area contributed by atoms with E-state index in [1.54, 1.807) is 4.90 Å². The molecule has 0 spiro atoms. The molecular formula is C14H21N3O3S. The van der Waals surface area contributed by atoms with Crippen molar-refractivity contribution in [3.63, 3.8) is 0 Å². The highest BCUT2D eigenvalue weighted by atomic mass is 32.1. The van der Waals surface area contributed by atoms with Crippen LogP contribution in [0.3, 0.4) is 0 Å². The van der Waals surface area contributed by atoms with Gasteiger partial charge < -0.3 is 9.64 Å². The van der Waals surface area contributed by atoms with E-state index in [-0.39, 0.29) is 23.2 Å². The third-order valence-electron chi connectivity index (χ3n) is 3.64.